The number of carbonyl (C=O) groups excluding carboxylic acids is 4. The van der Waals surface area contributed by atoms with Crippen molar-refractivity contribution in [3.63, 3.8) is 0 Å². The second-order valence-electron chi connectivity index (χ2n) is 11.2. The summed E-state index contributed by atoms with van der Waals surface area (Å²) in [4.78, 5) is 53.4. The Morgan fingerprint density at radius 1 is 0.806 bits per heavy atom. The van der Waals surface area contributed by atoms with Gasteiger partial charge in [0.25, 0.3) is 5.91 Å². The first kappa shape index (κ1) is 23.9. The third-order valence-electron chi connectivity index (χ3n) is 8.76. The van der Waals surface area contributed by atoms with Crippen LogP contribution in [0.2, 0.25) is 0 Å². The molecule has 3 aliphatic rings. The molecule has 0 N–H and O–H groups in total. The van der Waals surface area contributed by atoms with Gasteiger partial charge in [-0.2, -0.15) is 0 Å². The Hall–Kier alpha value is -1.72. The molecule has 1 aliphatic heterocycles. The van der Waals surface area contributed by atoms with Crippen LogP contribution >= 0.6 is 0 Å². The average molecular weight is 433 g/mol. The molecule has 0 bridgehead atoms. The number of nitrogens with zero attached hydrogens (tertiary/aromatic N) is 2. The van der Waals surface area contributed by atoms with Crippen molar-refractivity contribution in [2.24, 2.45) is 47.3 Å². The van der Waals surface area contributed by atoms with Crippen LogP contribution in [0.1, 0.15) is 80.1 Å². The molecule has 5 amide bonds. The Labute approximate surface area is 187 Å². The summed E-state index contributed by atoms with van der Waals surface area (Å²) in [6, 6.07) is -0.767. The molecule has 0 aromatic carbocycles. The highest BCUT2D eigenvalue weighted by Crippen LogP contribution is 2.56. The maximum atomic E-state index is 14.1. The summed E-state index contributed by atoms with van der Waals surface area (Å²) in [5, 5.41) is 0. The quantitative estimate of drug-likeness (QED) is 0.450. The van der Waals surface area contributed by atoms with Crippen molar-refractivity contribution in [3.8, 4) is 0 Å². The number of carbonyl (C=O) groups is 4. The topological polar surface area (TPSA) is 74.8 Å². The largest absolute Gasteiger partial charge is 0.340 e. The van der Waals surface area contributed by atoms with Crippen LogP contribution in [0.3, 0.4) is 0 Å². The highest BCUT2D eigenvalue weighted by molar-refractivity contribution is 6.17. The molecule has 0 aromatic heterocycles. The van der Waals surface area contributed by atoms with E-state index >= 15 is 0 Å². The van der Waals surface area contributed by atoms with Crippen molar-refractivity contribution in [2.75, 3.05) is 0 Å². The fraction of sp³-hybridized carbons (Fsp3) is 0.840. The van der Waals surface area contributed by atoms with Crippen LogP contribution in [0.4, 0.5) is 4.79 Å². The Balaban J connectivity index is 2.27. The second-order valence-corrected chi connectivity index (χ2v) is 11.2. The van der Waals surface area contributed by atoms with Crippen LogP contribution in [0.5, 0.6) is 0 Å². The molecule has 3 rings (SSSR count). The van der Waals surface area contributed by atoms with E-state index in [0.29, 0.717) is 41.4 Å². The van der Waals surface area contributed by atoms with Crippen molar-refractivity contribution in [1.29, 1.82) is 0 Å². The predicted molar refractivity (Wildman–Crippen MR) is 119 cm³/mol. The van der Waals surface area contributed by atoms with Crippen molar-refractivity contribution >= 4 is 24.8 Å². The maximum absolute atomic E-state index is 14.1. The molecular weight excluding hydrogens is 392 g/mol. The van der Waals surface area contributed by atoms with E-state index in [4.69, 9.17) is 0 Å². The van der Waals surface area contributed by atoms with E-state index in [1.165, 1.54) is 0 Å². The summed E-state index contributed by atoms with van der Waals surface area (Å²) in [5.74, 6) is 1.23. The number of urea groups is 1. The SMILES string of the molecule is CC1CCC(C(C)C)C(C2(C3CC(C)CCC3C(C)C)C(=O)N(C=O)C(=O)N2C=O)C1. The van der Waals surface area contributed by atoms with Gasteiger partial charge in [0, 0.05) is 0 Å². The molecule has 0 spiro atoms. The molecule has 0 aromatic rings. The van der Waals surface area contributed by atoms with Gasteiger partial charge in [-0.05, 0) is 73.0 Å². The molecule has 6 heteroatoms. The van der Waals surface area contributed by atoms with Crippen molar-refractivity contribution in [3.05, 3.63) is 0 Å². The van der Waals surface area contributed by atoms with Crippen molar-refractivity contribution < 1.29 is 19.2 Å². The maximum Gasteiger partial charge on any atom is 0.340 e. The van der Waals surface area contributed by atoms with E-state index in [9.17, 15) is 19.2 Å². The van der Waals surface area contributed by atoms with Crippen LogP contribution in [0.15, 0.2) is 0 Å². The predicted octanol–water partition coefficient (Wildman–Crippen LogP) is 4.72. The monoisotopic (exact) mass is 432 g/mol. The molecule has 1 heterocycles. The molecule has 174 valence electrons. The average Bonchev–Trinajstić information content (AvgIpc) is 2.93. The smallest absolute Gasteiger partial charge is 0.278 e. The standard InChI is InChI=1S/C25H40N2O4/c1-15(2)19-9-7-17(5)11-21(19)25(22-12-18(6)8-10-20(22)16(3)4)23(30)26(13-28)24(31)27(25)14-29/h13-22H,7-12H2,1-6H3. The summed E-state index contributed by atoms with van der Waals surface area (Å²) < 4.78 is 0. The zero-order valence-corrected chi connectivity index (χ0v) is 20.0. The van der Waals surface area contributed by atoms with E-state index in [0.717, 1.165) is 43.4 Å². The van der Waals surface area contributed by atoms with Crippen molar-refractivity contribution in [2.45, 2.75) is 85.6 Å². The zero-order valence-electron chi connectivity index (χ0n) is 20.0. The molecule has 3 fully saturated rings. The van der Waals surface area contributed by atoms with Gasteiger partial charge in [0.1, 0.15) is 5.54 Å². The minimum Gasteiger partial charge on any atom is -0.278 e. The number of hydrogen-bond acceptors (Lipinski definition) is 4. The van der Waals surface area contributed by atoms with Crippen LogP contribution in [-0.4, -0.2) is 40.1 Å². The third-order valence-corrected chi connectivity index (χ3v) is 8.76. The first-order valence-corrected chi connectivity index (χ1v) is 12.2. The molecule has 2 aliphatic carbocycles. The van der Waals surface area contributed by atoms with Crippen LogP contribution in [0, 0.1) is 47.3 Å². The first-order valence-electron chi connectivity index (χ1n) is 12.2. The summed E-state index contributed by atoms with van der Waals surface area (Å²) >= 11 is 0. The number of imide groups is 4. The van der Waals surface area contributed by atoms with Crippen molar-refractivity contribution in [1.82, 2.24) is 9.80 Å². The second kappa shape index (κ2) is 9.03. The molecule has 1 saturated heterocycles. The van der Waals surface area contributed by atoms with Gasteiger partial charge in [0.15, 0.2) is 0 Å². The Morgan fingerprint density at radius 3 is 1.61 bits per heavy atom. The summed E-state index contributed by atoms with van der Waals surface area (Å²) in [6.07, 6.45) is 6.59. The lowest BCUT2D eigenvalue weighted by Gasteiger charge is -2.55. The van der Waals surface area contributed by atoms with Gasteiger partial charge in [0.05, 0.1) is 0 Å². The number of amides is 5. The molecule has 0 radical (unpaired) electrons. The molecule has 6 unspecified atom stereocenters. The summed E-state index contributed by atoms with van der Waals surface area (Å²) in [7, 11) is 0. The highest BCUT2D eigenvalue weighted by atomic mass is 16.2. The summed E-state index contributed by atoms with van der Waals surface area (Å²) in [6.45, 7) is 13.1. The van der Waals surface area contributed by atoms with Gasteiger partial charge < -0.3 is 0 Å². The van der Waals surface area contributed by atoms with Crippen LogP contribution in [0.25, 0.3) is 0 Å². The summed E-state index contributed by atoms with van der Waals surface area (Å²) in [5.41, 5.74) is -1.26. The van der Waals surface area contributed by atoms with Gasteiger partial charge in [0.2, 0.25) is 12.8 Å². The normalized spacial score (nSPS) is 39.5. The van der Waals surface area contributed by atoms with Gasteiger partial charge in [-0.3, -0.25) is 14.4 Å². The lowest BCUT2D eigenvalue weighted by atomic mass is 9.53. The molecule has 2 saturated carbocycles. The zero-order chi connectivity index (χ0) is 23.1. The molecule has 31 heavy (non-hydrogen) atoms. The third kappa shape index (κ3) is 3.74. The van der Waals surface area contributed by atoms with E-state index in [2.05, 4.69) is 41.5 Å². The van der Waals surface area contributed by atoms with Gasteiger partial charge >= 0.3 is 6.03 Å². The van der Waals surface area contributed by atoms with Gasteiger partial charge in [-0.15, -0.1) is 0 Å². The van der Waals surface area contributed by atoms with Gasteiger partial charge in [-0.25, -0.2) is 14.6 Å². The van der Waals surface area contributed by atoms with Crippen LogP contribution in [-0.2, 0) is 14.4 Å². The highest BCUT2D eigenvalue weighted by Gasteiger charge is 2.68. The molecule has 6 atom stereocenters. The minimum absolute atomic E-state index is 0.126. The lowest BCUT2D eigenvalue weighted by Crippen LogP contribution is -2.65. The Kier molecular flexibility index (Phi) is 6.97. The van der Waals surface area contributed by atoms with E-state index < -0.39 is 17.5 Å². The fourth-order valence-corrected chi connectivity index (χ4v) is 7.25. The van der Waals surface area contributed by atoms with E-state index in [1.807, 2.05) is 0 Å². The van der Waals surface area contributed by atoms with E-state index in [1.54, 1.807) is 0 Å². The minimum atomic E-state index is -1.26. The lowest BCUT2D eigenvalue weighted by molar-refractivity contribution is -0.155. The van der Waals surface area contributed by atoms with Crippen LogP contribution < -0.4 is 0 Å². The van der Waals surface area contributed by atoms with E-state index in [-0.39, 0.29) is 23.7 Å². The van der Waals surface area contributed by atoms with Gasteiger partial charge in [-0.1, -0.05) is 54.4 Å². The Bertz CT molecular complexity index is 686. The molecular formula is C25H40N2O4. The number of rotatable bonds is 6. The number of hydrogen-bond donors (Lipinski definition) is 0. The molecule has 6 nitrogen and oxygen atoms in total. The fourth-order valence-electron chi connectivity index (χ4n) is 7.25. The Morgan fingerprint density at radius 2 is 1.26 bits per heavy atom. The first-order chi connectivity index (χ1) is 14.6.